The Bertz CT molecular complexity index is 235. The van der Waals surface area contributed by atoms with Gasteiger partial charge >= 0.3 is 0 Å². The Hall–Kier alpha value is -0.700. The van der Waals surface area contributed by atoms with Crippen LogP contribution in [0.5, 0.6) is 0 Å². The van der Waals surface area contributed by atoms with E-state index in [2.05, 4.69) is 31.4 Å². The lowest BCUT2D eigenvalue weighted by molar-refractivity contribution is 0.623. The molecule has 0 nitrogen and oxygen atoms in total. The highest BCUT2D eigenvalue weighted by Gasteiger charge is 2.10. The van der Waals surface area contributed by atoms with Crippen molar-refractivity contribution in [2.75, 3.05) is 0 Å². The van der Waals surface area contributed by atoms with Gasteiger partial charge in [0, 0.05) is 5.92 Å². The molecule has 0 aromatic rings. The first-order valence-corrected chi connectivity index (χ1v) is 5.59. The van der Waals surface area contributed by atoms with Crippen molar-refractivity contribution in [2.45, 2.75) is 52.4 Å². The van der Waals surface area contributed by atoms with Crippen LogP contribution in [0.4, 0.5) is 0 Å². The average Bonchev–Trinajstić information content (AvgIpc) is 2.60. The van der Waals surface area contributed by atoms with Crippen LogP contribution < -0.4 is 0 Å². The van der Waals surface area contributed by atoms with Gasteiger partial charge in [0.15, 0.2) is 0 Å². The van der Waals surface area contributed by atoms with Gasteiger partial charge in [-0.2, -0.15) is 0 Å². The first-order valence-electron chi connectivity index (χ1n) is 5.59. The normalized spacial score (nSPS) is 19.5. The van der Waals surface area contributed by atoms with Crippen molar-refractivity contribution in [1.29, 1.82) is 0 Å². The molecule has 0 spiro atoms. The Morgan fingerprint density at radius 2 is 2.08 bits per heavy atom. The first kappa shape index (κ1) is 10.4. The summed E-state index contributed by atoms with van der Waals surface area (Å²) in [6, 6.07) is 0. The molecule has 72 valence electrons. The number of hydrogen-bond acceptors (Lipinski definition) is 0. The summed E-state index contributed by atoms with van der Waals surface area (Å²) in [6.07, 6.45) is 10.0. The Morgan fingerprint density at radius 1 is 1.23 bits per heavy atom. The third-order valence-corrected chi connectivity index (χ3v) is 2.70. The van der Waals surface area contributed by atoms with E-state index in [-0.39, 0.29) is 0 Å². The van der Waals surface area contributed by atoms with Crippen molar-refractivity contribution in [1.82, 2.24) is 0 Å². The second kappa shape index (κ2) is 5.86. The number of hydrogen-bond donors (Lipinski definition) is 0. The molecule has 0 N–H and O–H groups in total. The maximum Gasteiger partial charge on any atom is 0.0139 e. The highest BCUT2D eigenvalue weighted by Crippen LogP contribution is 2.23. The van der Waals surface area contributed by atoms with Crippen molar-refractivity contribution in [3.8, 4) is 0 Å². The fourth-order valence-corrected chi connectivity index (χ4v) is 1.78. The van der Waals surface area contributed by atoms with Gasteiger partial charge in [-0.15, -0.1) is 0 Å². The van der Waals surface area contributed by atoms with Crippen LogP contribution in [-0.4, -0.2) is 0 Å². The molecule has 0 heterocycles. The van der Waals surface area contributed by atoms with E-state index in [0.29, 0.717) is 5.92 Å². The monoisotopic (exact) mass is 176 g/mol. The van der Waals surface area contributed by atoms with Crippen LogP contribution in [0.15, 0.2) is 23.1 Å². The van der Waals surface area contributed by atoms with Crippen molar-refractivity contribution < 1.29 is 0 Å². The summed E-state index contributed by atoms with van der Waals surface area (Å²) in [7, 11) is 0. The molecule has 0 amide bonds. The molecule has 1 rings (SSSR count). The summed E-state index contributed by atoms with van der Waals surface area (Å²) < 4.78 is 0. The van der Waals surface area contributed by atoms with Crippen LogP contribution in [0.1, 0.15) is 52.4 Å². The largest absolute Gasteiger partial charge is 0.0740 e. The van der Waals surface area contributed by atoms with Gasteiger partial charge in [-0.05, 0) is 30.9 Å². The summed E-state index contributed by atoms with van der Waals surface area (Å²) in [6.45, 7) is 4.49. The Balaban J connectivity index is 2.22. The lowest BCUT2D eigenvalue weighted by Gasteiger charge is -2.08. The SMILES string of the molecule is CCCCCCC1=C=C=CC1CC. The second-order valence-electron chi connectivity index (χ2n) is 3.79. The lowest BCUT2D eigenvalue weighted by Crippen LogP contribution is -1.96. The first-order chi connectivity index (χ1) is 6.38. The topological polar surface area (TPSA) is 0 Å². The van der Waals surface area contributed by atoms with Gasteiger partial charge in [0.05, 0.1) is 0 Å². The number of rotatable bonds is 6. The molecule has 1 aliphatic rings. The fraction of sp³-hybridized carbons (Fsp3) is 0.692. The Kier molecular flexibility index (Phi) is 4.68. The van der Waals surface area contributed by atoms with E-state index in [9.17, 15) is 0 Å². The summed E-state index contributed by atoms with van der Waals surface area (Å²) in [4.78, 5) is 0. The number of allylic oxidation sites excluding steroid dienone is 2. The van der Waals surface area contributed by atoms with Crippen molar-refractivity contribution in [3.05, 3.63) is 23.1 Å². The molecule has 0 heteroatoms. The second-order valence-corrected chi connectivity index (χ2v) is 3.79. The van der Waals surface area contributed by atoms with Crippen LogP contribution in [0, 0.1) is 5.92 Å². The molecule has 13 heavy (non-hydrogen) atoms. The minimum atomic E-state index is 0.654. The lowest BCUT2D eigenvalue weighted by atomic mass is 9.95. The zero-order chi connectivity index (χ0) is 9.52. The Labute approximate surface area is 82.0 Å². The third kappa shape index (κ3) is 3.27. The minimum absolute atomic E-state index is 0.654. The molecule has 0 saturated carbocycles. The molecular formula is C13H20. The van der Waals surface area contributed by atoms with E-state index in [4.69, 9.17) is 0 Å². The predicted octanol–water partition coefficient (Wildman–Crippen LogP) is 4.23. The summed E-state index contributed by atoms with van der Waals surface area (Å²) in [5, 5.41) is 0. The molecule has 1 atom stereocenters. The van der Waals surface area contributed by atoms with Crippen LogP contribution in [0.3, 0.4) is 0 Å². The van der Waals surface area contributed by atoms with Gasteiger partial charge in [0.25, 0.3) is 0 Å². The molecule has 0 saturated heterocycles. The van der Waals surface area contributed by atoms with Crippen LogP contribution in [-0.2, 0) is 0 Å². The average molecular weight is 176 g/mol. The Morgan fingerprint density at radius 3 is 2.77 bits per heavy atom. The van der Waals surface area contributed by atoms with Gasteiger partial charge in [-0.3, -0.25) is 0 Å². The molecule has 0 aromatic carbocycles. The van der Waals surface area contributed by atoms with E-state index in [1.807, 2.05) is 0 Å². The van der Waals surface area contributed by atoms with E-state index in [1.165, 1.54) is 44.1 Å². The van der Waals surface area contributed by atoms with Crippen molar-refractivity contribution in [3.63, 3.8) is 0 Å². The molecule has 1 aliphatic carbocycles. The standard InChI is InChI=1S/C13H20/c1-3-5-6-7-9-13-11-8-10-12(13)4-2/h10,12H,3-7,9H2,1-2H3. The highest BCUT2D eigenvalue weighted by molar-refractivity contribution is 5.18. The quantitative estimate of drug-likeness (QED) is 0.419. The van der Waals surface area contributed by atoms with Gasteiger partial charge in [-0.25, -0.2) is 0 Å². The van der Waals surface area contributed by atoms with E-state index in [1.54, 1.807) is 0 Å². The summed E-state index contributed by atoms with van der Waals surface area (Å²) in [5.41, 5.74) is 7.83. The van der Waals surface area contributed by atoms with Gasteiger partial charge < -0.3 is 0 Å². The van der Waals surface area contributed by atoms with E-state index < -0.39 is 0 Å². The summed E-state index contributed by atoms with van der Waals surface area (Å²) in [5.74, 6) is 0.654. The van der Waals surface area contributed by atoms with Gasteiger partial charge in [0.1, 0.15) is 0 Å². The number of unbranched alkanes of at least 4 members (excludes halogenated alkanes) is 3. The van der Waals surface area contributed by atoms with Gasteiger partial charge in [-0.1, -0.05) is 44.6 Å². The summed E-state index contributed by atoms with van der Waals surface area (Å²) >= 11 is 0. The van der Waals surface area contributed by atoms with E-state index in [0.717, 1.165) is 0 Å². The highest BCUT2D eigenvalue weighted by atomic mass is 14.1. The van der Waals surface area contributed by atoms with Crippen molar-refractivity contribution in [2.24, 2.45) is 5.92 Å². The maximum absolute atomic E-state index is 3.25. The molecule has 1 unspecified atom stereocenters. The zero-order valence-electron chi connectivity index (χ0n) is 8.90. The fourth-order valence-electron chi connectivity index (χ4n) is 1.78. The molecular weight excluding hydrogens is 156 g/mol. The zero-order valence-corrected chi connectivity index (χ0v) is 8.90. The molecule has 0 fully saturated rings. The van der Waals surface area contributed by atoms with Crippen LogP contribution in [0.25, 0.3) is 0 Å². The predicted molar refractivity (Wildman–Crippen MR) is 57.6 cm³/mol. The minimum Gasteiger partial charge on any atom is -0.0740 e. The maximum atomic E-state index is 3.25. The van der Waals surface area contributed by atoms with Gasteiger partial charge in [0.2, 0.25) is 0 Å². The molecule has 0 aromatic heterocycles. The van der Waals surface area contributed by atoms with Crippen LogP contribution in [0.2, 0.25) is 0 Å². The third-order valence-electron chi connectivity index (χ3n) is 2.70. The smallest absolute Gasteiger partial charge is 0.0139 e. The van der Waals surface area contributed by atoms with Crippen LogP contribution >= 0.6 is 0 Å². The van der Waals surface area contributed by atoms with Crippen molar-refractivity contribution >= 4 is 0 Å². The molecule has 0 bridgehead atoms. The van der Waals surface area contributed by atoms with E-state index >= 15 is 0 Å². The molecule has 0 aliphatic heterocycles. The molecule has 0 radical (unpaired) electrons.